The molecule has 0 unspecified atom stereocenters. The van der Waals surface area contributed by atoms with E-state index in [1.54, 1.807) is 6.07 Å². The molecule has 9 heavy (non-hydrogen) atoms. The van der Waals surface area contributed by atoms with Gasteiger partial charge in [-0.3, -0.25) is 0 Å². The molecule has 1 N–H and O–H groups in total. The summed E-state index contributed by atoms with van der Waals surface area (Å²) in [6, 6.07) is 1.66. The van der Waals surface area contributed by atoms with Crippen LogP contribution in [0.5, 0.6) is 0 Å². The van der Waals surface area contributed by atoms with E-state index in [-0.39, 0.29) is 6.61 Å². The topological polar surface area (TPSA) is 20.2 Å². The predicted octanol–water partition coefficient (Wildman–Crippen LogP) is 2.55. The normalized spacial score (nSPS) is 10.1. The summed E-state index contributed by atoms with van der Waals surface area (Å²) in [5.74, 6) is 0. The van der Waals surface area contributed by atoms with Crippen LogP contribution in [0.3, 0.4) is 0 Å². The van der Waals surface area contributed by atoms with E-state index in [9.17, 15) is 0 Å². The standard InChI is InChI=1S/C5H4Cl2OS/c6-4-1-3(2-8)9-5(4)7/h1,8H,2H2. The highest BCUT2D eigenvalue weighted by Crippen LogP contribution is 2.31. The Kier molecular flexibility index (Phi) is 2.35. The van der Waals surface area contributed by atoms with Gasteiger partial charge in [0.05, 0.1) is 11.6 Å². The van der Waals surface area contributed by atoms with Crippen molar-refractivity contribution >= 4 is 34.5 Å². The Morgan fingerprint density at radius 3 is 2.44 bits per heavy atom. The number of rotatable bonds is 1. The van der Waals surface area contributed by atoms with E-state index in [1.165, 1.54) is 11.3 Å². The summed E-state index contributed by atoms with van der Waals surface area (Å²) in [4.78, 5) is 0.796. The summed E-state index contributed by atoms with van der Waals surface area (Å²) in [5, 5.41) is 9.09. The first-order valence-electron chi connectivity index (χ1n) is 2.28. The SMILES string of the molecule is OCc1cc(Cl)c(Cl)s1. The zero-order chi connectivity index (χ0) is 6.85. The third-order valence-electron chi connectivity index (χ3n) is 0.852. The third kappa shape index (κ3) is 1.58. The third-order valence-corrected chi connectivity index (χ3v) is 2.70. The van der Waals surface area contributed by atoms with Crippen molar-refractivity contribution in [1.29, 1.82) is 0 Å². The lowest BCUT2D eigenvalue weighted by atomic mass is 10.5. The van der Waals surface area contributed by atoms with E-state index in [0.717, 1.165) is 4.88 Å². The summed E-state index contributed by atoms with van der Waals surface area (Å²) in [5.41, 5.74) is 0. The van der Waals surface area contributed by atoms with Gasteiger partial charge in [0.1, 0.15) is 4.34 Å². The second-order valence-corrected chi connectivity index (χ2v) is 3.64. The Balaban J connectivity index is 2.98. The van der Waals surface area contributed by atoms with Crippen molar-refractivity contribution in [3.05, 3.63) is 20.3 Å². The minimum Gasteiger partial charge on any atom is -0.391 e. The van der Waals surface area contributed by atoms with E-state index >= 15 is 0 Å². The molecule has 0 saturated carbocycles. The van der Waals surface area contributed by atoms with Gasteiger partial charge in [-0.05, 0) is 6.07 Å². The van der Waals surface area contributed by atoms with E-state index in [1.807, 2.05) is 0 Å². The maximum absolute atomic E-state index is 8.57. The number of halogens is 2. The monoisotopic (exact) mass is 182 g/mol. The molecule has 0 aliphatic carbocycles. The molecule has 0 fully saturated rings. The van der Waals surface area contributed by atoms with Crippen molar-refractivity contribution < 1.29 is 5.11 Å². The van der Waals surface area contributed by atoms with Crippen LogP contribution >= 0.6 is 34.5 Å². The van der Waals surface area contributed by atoms with E-state index in [0.29, 0.717) is 9.36 Å². The van der Waals surface area contributed by atoms with Crippen molar-refractivity contribution in [3.8, 4) is 0 Å². The molecule has 0 radical (unpaired) electrons. The lowest BCUT2D eigenvalue weighted by Crippen LogP contribution is -1.69. The lowest BCUT2D eigenvalue weighted by Gasteiger charge is -1.79. The van der Waals surface area contributed by atoms with Crippen LogP contribution in [0.2, 0.25) is 9.36 Å². The molecule has 1 rings (SSSR count). The molecule has 1 heterocycles. The first-order chi connectivity index (χ1) is 4.24. The Morgan fingerprint density at radius 2 is 2.22 bits per heavy atom. The van der Waals surface area contributed by atoms with Crippen LogP contribution in [0.4, 0.5) is 0 Å². The van der Waals surface area contributed by atoms with Crippen molar-refractivity contribution in [1.82, 2.24) is 0 Å². The molecule has 1 nitrogen and oxygen atoms in total. The van der Waals surface area contributed by atoms with Crippen molar-refractivity contribution in [2.24, 2.45) is 0 Å². The molecule has 0 aliphatic heterocycles. The van der Waals surface area contributed by atoms with Gasteiger partial charge in [0.15, 0.2) is 0 Å². The van der Waals surface area contributed by atoms with Gasteiger partial charge in [-0.15, -0.1) is 11.3 Å². The largest absolute Gasteiger partial charge is 0.391 e. The highest BCUT2D eigenvalue weighted by atomic mass is 35.5. The van der Waals surface area contributed by atoms with Crippen LogP contribution in [0.1, 0.15) is 4.88 Å². The van der Waals surface area contributed by atoms with Gasteiger partial charge in [0.2, 0.25) is 0 Å². The first kappa shape index (κ1) is 7.35. The Labute approximate surface area is 66.8 Å². The summed E-state index contributed by atoms with van der Waals surface area (Å²) < 4.78 is 0.542. The highest BCUT2D eigenvalue weighted by molar-refractivity contribution is 7.16. The van der Waals surface area contributed by atoms with Crippen molar-refractivity contribution in [3.63, 3.8) is 0 Å². The average molecular weight is 183 g/mol. The quantitative estimate of drug-likeness (QED) is 0.709. The van der Waals surface area contributed by atoms with Gasteiger partial charge >= 0.3 is 0 Å². The molecule has 0 aliphatic rings. The average Bonchev–Trinajstić information content (AvgIpc) is 2.13. The molecular weight excluding hydrogens is 179 g/mol. The van der Waals surface area contributed by atoms with Gasteiger partial charge in [-0.25, -0.2) is 0 Å². The summed E-state index contributed by atoms with van der Waals surface area (Å²) in [6.45, 7) is 0.0110. The van der Waals surface area contributed by atoms with Crippen LogP contribution in [0.25, 0.3) is 0 Å². The minimum absolute atomic E-state index is 0.0110. The van der Waals surface area contributed by atoms with Crippen LogP contribution in [0, 0.1) is 0 Å². The summed E-state index contributed by atoms with van der Waals surface area (Å²) >= 11 is 12.5. The number of aliphatic hydroxyl groups is 1. The maximum atomic E-state index is 8.57. The molecule has 50 valence electrons. The molecule has 0 spiro atoms. The minimum atomic E-state index is 0.0110. The fourth-order valence-electron chi connectivity index (χ4n) is 0.469. The lowest BCUT2D eigenvalue weighted by molar-refractivity contribution is 0.285. The fourth-order valence-corrected chi connectivity index (χ4v) is 1.76. The van der Waals surface area contributed by atoms with Crippen LogP contribution < -0.4 is 0 Å². The molecule has 0 atom stereocenters. The van der Waals surface area contributed by atoms with E-state index in [4.69, 9.17) is 28.3 Å². The Bertz CT molecular complexity index is 189. The summed E-state index contributed by atoms with van der Waals surface area (Å²) in [6.07, 6.45) is 0. The second kappa shape index (κ2) is 2.88. The zero-order valence-electron chi connectivity index (χ0n) is 4.40. The molecule has 0 bridgehead atoms. The zero-order valence-corrected chi connectivity index (χ0v) is 6.72. The van der Waals surface area contributed by atoms with E-state index < -0.39 is 0 Å². The van der Waals surface area contributed by atoms with Crippen LogP contribution in [0.15, 0.2) is 6.07 Å². The van der Waals surface area contributed by atoms with Gasteiger partial charge in [-0.1, -0.05) is 23.2 Å². The van der Waals surface area contributed by atoms with Gasteiger partial charge < -0.3 is 5.11 Å². The molecule has 1 aromatic heterocycles. The second-order valence-electron chi connectivity index (χ2n) is 1.49. The fraction of sp³-hybridized carbons (Fsp3) is 0.200. The smallest absolute Gasteiger partial charge is 0.112 e. The predicted molar refractivity (Wildman–Crippen MR) is 40.3 cm³/mol. The first-order valence-corrected chi connectivity index (χ1v) is 3.86. The number of hydrogen-bond acceptors (Lipinski definition) is 2. The molecule has 1 aromatic rings. The molecule has 4 heteroatoms. The number of thiophene rings is 1. The van der Waals surface area contributed by atoms with Gasteiger partial charge in [0, 0.05) is 4.88 Å². The molecule has 0 saturated heterocycles. The molecule has 0 amide bonds. The maximum Gasteiger partial charge on any atom is 0.112 e. The van der Waals surface area contributed by atoms with Crippen LogP contribution in [-0.2, 0) is 6.61 Å². The molecular formula is C5H4Cl2OS. The van der Waals surface area contributed by atoms with Crippen molar-refractivity contribution in [2.75, 3.05) is 0 Å². The van der Waals surface area contributed by atoms with Crippen LogP contribution in [-0.4, -0.2) is 5.11 Å². The highest BCUT2D eigenvalue weighted by Gasteiger charge is 2.01. The Hall–Kier alpha value is 0.240. The summed E-state index contributed by atoms with van der Waals surface area (Å²) in [7, 11) is 0. The number of aliphatic hydroxyl groups excluding tert-OH is 1. The van der Waals surface area contributed by atoms with Gasteiger partial charge in [-0.2, -0.15) is 0 Å². The van der Waals surface area contributed by atoms with Gasteiger partial charge in [0.25, 0.3) is 0 Å². The Morgan fingerprint density at radius 1 is 1.56 bits per heavy atom. The van der Waals surface area contributed by atoms with E-state index in [2.05, 4.69) is 0 Å². The van der Waals surface area contributed by atoms with Crippen molar-refractivity contribution in [2.45, 2.75) is 6.61 Å². The molecule has 0 aromatic carbocycles. The number of hydrogen-bond donors (Lipinski definition) is 1.